The molecule has 0 saturated heterocycles. The molecular formula is C13H19N3O3. The summed E-state index contributed by atoms with van der Waals surface area (Å²) in [6.07, 6.45) is 0.532. The fourth-order valence-corrected chi connectivity index (χ4v) is 1.81. The molecule has 4 N–H and O–H groups in total. The Morgan fingerprint density at radius 2 is 1.95 bits per heavy atom. The second-order valence-electron chi connectivity index (χ2n) is 4.34. The highest BCUT2D eigenvalue weighted by Gasteiger charge is 2.22. The van der Waals surface area contributed by atoms with Crippen molar-refractivity contribution in [3.05, 3.63) is 24.3 Å². The Morgan fingerprint density at radius 3 is 2.42 bits per heavy atom. The first kappa shape index (κ1) is 15.0. The Kier molecular flexibility index (Phi) is 5.32. The van der Waals surface area contributed by atoms with E-state index in [2.05, 4.69) is 5.32 Å². The van der Waals surface area contributed by atoms with E-state index in [0.717, 1.165) is 0 Å². The van der Waals surface area contributed by atoms with Crippen LogP contribution in [0.15, 0.2) is 24.3 Å². The average Bonchev–Trinajstić information content (AvgIpc) is 2.32. The molecule has 0 saturated carbocycles. The zero-order valence-electron chi connectivity index (χ0n) is 11.1. The number of benzene rings is 1. The van der Waals surface area contributed by atoms with Gasteiger partial charge in [-0.05, 0) is 37.7 Å². The number of hydrogen-bond donors (Lipinski definition) is 3. The van der Waals surface area contributed by atoms with E-state index in [-0.39, 0.29) is 12.5 Å². The molecule has 1 aromatic rings. The van der Waals surface area contributed by atoms with Crippen LogP contribution in [0.25, 0.3) is 0 Å². The van der Waals surface area contributed by atoms with Crippen LogP contribution in [0.1, 0.15) is 13.3 Å². The summed E-state index contributed by atoms with van der Waals surface area (Å²) in [7, 11) is 1.62. The lowest BCUT2D eigenvalue weighted by molar-refractivity contribution is -0.139. The van der Waals surface area contributed by atoms with Crippen molar-refractivity contribution in [3.8, 4) is 0 Å². The van der Waals surface area contributed by atoms with Crippen LogP contribution in [-0.4, -0.2) is 41.5 Å². The molecule has 0 aromatic heterocycles. The highest BCUT2D eigenvalue weighted by atomic mass is 16.4. The first-order valence-electron chi connectivity index (χ1n) is 6.02. The number of nitrogens with two attached hydrogens (primary N) is 1. The van der Waals surface area contributed by atoms with Gasteiger partial charge < -0.3 is 16.2 Å². The topological polar surface area (TPSA) is 95.7 Å². The van der Waals surface area contributed by atoms with Gasteiger partial charge in [0.15, 0.2) is 0 Å². The standard InChI is InChI=1S/C13H19N3O3/c1-3-11(16(2)8-12(17)18)13(19)15-10-6-4-9(14)5-7-10/h4-7,11H,3,8,14H2,1-2H3,(H,15,19)(H,17,18). The smallest absolute Gasteiger partial charge is 0.317 e. The molecule has 0 fully saturated rings. The van der Waals surface area contributed by atoms with Gasteiger partial charge in [-0.25, -0.2) is 0 Å². The van der Waals surface area contributed by atoms with Gasteiger partial charge in [-0.3, -0.25) is 14.5 Å². The molecule has 6 nitrogen and oxygen atoms in total. The second-order valence-corrected chi connectivity index (χ2v) is 4.34. The molecule has 0 aliphatic heterocycles. The zero-order valence-corrected chi connectivity index (χ0v) is 11.1. The number of carboxylic acid groups (broad SMARTS) is 1. The van der Waals surface area contributed by atoms with Gasteiger partial charge in [0.1, 0.15) is 0 Å². The summed E-state index contributed by atoms with van der Waals surface area (Å²) in [6, 6.07) is 6.32. The Morgan fingerprint density at radius 1 is 1.37 bits per heavy atom. The van der Waals surface area contributed by atoms with Gasteiger partial charge >= 0.3 is 5.97 Å². The summed E-state index contributed by atoms with van der Waals surface area (Å²) in [5.74, 6) is -1.18. The number of anilines is 2. The number of amides is 1. The van der Waals surface area contributed by atoms with Crippen LogP contribution in [0, 0.1) is 0 Å². The van der Waals surface area contributed by atoms with Crippen LogP contribution >= 0.6 is 0 Å². The van der Waals surface area contributed by atoms with Crippen LogP contribution in [0.2, 0.25) is 0 Å². The number of carbonyl (C=O) groups is 2. The highest BCUT2D eigenvalue weighted by molar-refractivity contribution is 5.95. The lowest BCUT2D eigenvalue weighted by Gasteiger charge is -2.24. The van der Waals surface area contributed by atoms with Crippen molar-refractivity contribution in [2.45, 2.75) is 19.4 Å². The van der Waals surface area contributed by atoms with Gasteiger partial charge in [0.2, 0.25) is 5.91 Å². The fourth-order valence-electron chi connectivity index (χ4n) is 1.81. The monoisotopic (exact) mass is 265 g/mol. The first-order valence-corrected chi connectivity index (χ1v) is 6.02. The molecule has 1 rings (SSSR count). The third kappa shape index (κ3) is 4.59. The van der Waals surface area contributed by atoms with Gasteiger partial charge in [-0.15, -0.1) is 0 Å². The Bertz CT molecular complexity index is 445. The van der Waals surface area contributed by atoms with Crippen molar-refractivity contribution in [1.29, 1.82) is 0 Å². The minimum absolute atomic E-state index is 0.173. The van der Waals surface area contributed by atoms with Crippen LogP contribution in [0.3, 0.4) is 0 Å². The van der Waals surface area contributed by atoms with E-state index in [9.17, 15) is 9.59 Å². The van der Waals surface area contributed by atoms with Crippen molar-refractivity contribution in [3.63, 3.8) is 0 Å². The number of nitrogens with one attached hydrogen (secondary N) is 1. The van der Waals surface area contributed by atoms with E-state index in [0.29, 0.717) is 17.8 Å². The van der Waals surface area contributed by atoms with E-state index in [4.69, 9.17) is 10.8 Å². The van der Waals surface area contributed by atoms with E-state index in [1.807, 2.05) is 6.92 Å². The molecule has 1 aromatic carbocycles. The summed E-state index contributed by atoms with van der Waals surface area (Å²) in [6.45, 7) is 1.67. The molecule has 0 spiro atoms. The molecule has 0 bridgehead atoms. The summed E-state index contributed by atoms with van der Waals surface area (Å²) < 4.78 is 0. The predicted molar refractivity (Wildman–Crippen MR) is 73.8 cm³/mol. The van der Waals surface area contributed by atoms with Crippen molar-refractivity contribution >= 4 is 23.3 Å². The van der Waals surface area contributed by atoms with E-state index in [1.54, 1.807) is 31.3 Å². The largest absolute Gasteiger partial charge is 0.480 e. The fraction of sp³-hybridized carbons (Fsp3) is 0.385. The maximum absolute atomic E-state index is 12.1. The van der Waals surface area contributed by atoms with Gasteiger partial charge in [-0.1, -0.05) is 6.92 Å². The molecule has 104 valence electrons. The quantitative estimate of drug-likeness (QED) is 0.667. The number of rotatable bonds is 6. The second kappa shape index (κ2) is 6.75. The Labute approximate surface area is 112 Å². The number of nitrogen functional groups attached to an aromatic ring is 1. The SMILES string of the molecule is CCC(C(=O)Nc1ccc(N)cc1)N(C)CC(=O)O. The summed E-state index contributed by atoms with van der Waals surface area (Å²) >= 11 is 0. The van der Waals surface area contributed by atoms with Crippen LogP contribution in [0.5, 0.6) is 0 Å². The summed E-state index contributed by atoms with van der Waals surface area (Å²) in [4.78, 5) is 24.2. The van der Waals surface area contributed by atoms with Gasteiger partial charge in [-0.2, -0.15) is 0 Å². The minimum Gasteiger partial charge on any atom is -0.480 e. The molecule has 1 unspecified atom stereocenters. The van der Waals surface area contributed by atoms with E-state index < -0.39 is 12.0 Å². The van der Waals surface area contributed by atoms with Crippen molar-refractivity contribution in [2.75, 3.05) is 24.6 Å². The zero-order chi connectivity index (χ0) is 14.4. The van der Waals surface area contributed by atoms with Crippen molar-refractivity contribution in [1.82, 2.24) is 4.90 Å². The minimum atomic E-state index is -0.957. The molecule has 0 aliphatic carbocycles. The first-order chi connectivity index (χ1) is 8.93. The van der Waals surface area contributed by atoms with E-state index >= 15 is 0 Å². The van der Waals surface area contributed by atoms with Gasteiger partial charge in [0.05, 0.1) is 12.6 Å². The molecule has 1 atom stereocenters. The number of aliphatic carboxylic acids is 1. The number of hydrogen-bond acceptors (Lipinski definition) is 4. The number of carboxylic acids is 1. The Hall–Kier alpha value is -2.08. The third-order valence-corrected chi connectivity index (χ3v) is 2.78. The van der Waals surface area contributed by atoms with Crippen LogP contribution in [-0.2, 0) is 9.59 Å². The Balaban J connectivity index is 2.68. The number of carbonyl (C=O) groups excluding carboxylic acids is 1. The average molecular weight is 265 g/mol. The summed E-state index contributed by atoms with van der Waals surface area (Å²) in [5, 5.41) is 11.5. The van der Waals surface area contributed by atoms with Gasteiger partial charge in [0.25, 0.3) is 0 Å². The van der Waals surface area contributed by atoms with Gasteiger partial charge in [0, 0.05) is 11.4 Å². The third-order valence-electron chi connectivity index (χ3n) is 2.78. The number of nitrogens with zero attached hydrogens (tertiary/aromatic N) is 1. The van der Waals surface area contributed by atoms with Crippen molar-refractivity contribution < 1.29 is 14.7 Å². The predicted octanol–water partition coefficient (Wildman–Crippen LogP) is 1.00. The highest BCUT2D eigenvalue weighted by Crippen LogP contribution is 2.12. The maximum Gasteiger partial charge on any atom is 0.317 e. The lowest BCUT2D eigenvalue weighted by atomic mass is 10.1. The van der Waals surface area contributed by atoms with Crippen LogP contribution in [0.4, 0.5) is 11.4 Å². The molecule has 0 heterocycles. The molecule has 6 heteroatoms. The molecule has 1 amide bonds. The molecule has 0 aliphatic rings. The summed E-state index contributed by atoms with van der Waals surface area (Å²) in [5.41, 5.74) is 6.82. The number of likely N-dealkylation sites (N-methyl/N-ethyl adjacent to an activating group) is 1. The molecule has 0 radical (unpaired) electrons. The lowest BCUT2D eigenvalue weighted by Crippen LogP contribution is -2.43. The van der Waals surface area contributed by atoms with Crippen LogP contribution < -0.4 is 11.1 Å². The molecule has 19 heavy (non-hydrogen) atoms. The molecular weight excluding hydrogens is 246 g/mol. The van der Waals surface area contributed by atoms with E-state index in [1.165, 1.54) is 4.90 Å². The normalized spacial score (nSPS) is 12.2. The van der Waals surface area contributed by atoms with Crippen molar-refractivity contribution in [2.24, 2.45) is 0 Å². The maximum atomic E-state index is 12.1.